The van der Waals surface area contributed by atoms with E-state index in [1.54, 1.807) is 0 Å². The number of nitrogens with zero attached hydrogens (tertiary/aromatic N) is 2. The van der Waals surface area contributed by atoms with Crippen LogP contribution in [0.1, 0.15) is 77.0 Å². The second kappa shape index (κ2) is 16.5. The highest BCUT2D eigenvalue weighted by atomic mass is 16.2. The van der Waals surface area contributed by atoms with Crippen LogP contribution < -0.4 is 10.6 Å². The van der Waals surface area contributed by atoms with Gasteiger partial charge in [-0.1, -0.05) is 38.5 Å². The van der Waals surface area contributed by atoms with Gasteiger partial charge in [-0.15, -0.1) is 0 Å². The van der Waals surface area contributed by atoms with Gasteiger partial charge in [0, 0.05) is 38.8 Å². The van der Waals surface area contributed by atoms with Gasteiger partial charge in [0.15, 0.2) is 0 Å². The summed E-state index contributed by atoms with van der Waals surface area (Å²) in [6.45, 7) is 3.76. The Morgan fingerprint density at radius 3 is 1.10 bits per heavy atom. The van der Waals surface area contributed by atoms with Crippen LogP contribution in [0, 0.1) is 0 Å². The van der Waals surface area contributed by atoms with Crippen molar-refractivity contribution in [3.05, 3.63) is 0 Å². The van der Waals surface area contributed by atoms with E-state index in [-0.39, 0.29) is 11.8 Å². The summed E-state index contributed by atoms with van der Waals surface area (Å²) in [6, 6.07) is 0. The average molecular weight is 429 g/mol. The standard InChI is InChI=1S/C24H50N4O2/c1-27(2,3)21-15-19-25-23(29)17-13-11-9-7-8-10-12-14-18-24(30)26-20-16-22-28(4,5)6/h7-22H2,1-6H3/p+2. The maximum Gasteiger partial charge on any atom is 0.219 e. The van der Waals surface area contributed by atoms with Crippen LogP contribution in [0.25, 0.3) is 0 Å². The minimum atomic E-state index is 0.201. The predicted molar refractivity (Wildman–Crippen MR) is 127 cm³/mol. The smallest absolute Gasteiger partial charge is 0.219 e. The highest BCUT2D eigenvalue weighted by Crippen LogP contribution is 2.10. The first kappa shape index (κ1) is 28.9. The molecule has 30 heavy (non-hydrogen) atoms. The van der Waals surface area contributed by atoms with E-state index in [0.29, 0.717) is 12.8 Å². The Kier molecular flexibility index (Phi) is 15.9. The molecule has 0 aliphatic carbocycles. The molecule has 0 aliphatic rings. The number of rotatable bonds is 19. The normalized spacial score (nSPS) is 12.1. The van der Waals surface area contributed by atoms with Gasteiger partial charge < -0.3 is 19.6 Å². The molecular weight excluding hydrogens is 376 g/mol. The maximum absolute atomic E-state index is 11.8. The van der Waals surface area contributed by atoms with E-state index in [0.717, 1.165) is 73.7 Å². The molecule has 0 aromatic carbocycles. The summed E-state index contributed by atoms with van der Waals surface area (Å²) >= 11 is 0. The molecule has 2 N–H and O–H groups in total. The third-order valence-corrected chi connectivity index (χ3v) is 5.21. The number of amides is 2. The average Bonchev–Trinajstić information content (AvgIpc) is 2.62. The molecule has 2 amide bonds. The van der Waals surface area contributed by atoms with Crippen LogP contribution in [0.15, 0.2) is 0 Å². The minimum Gasteiger partial charge on any atom is -0.356 e. The third-order valence-electron chi connectivity index (χ3n) is 5.21. The zero-order chi connectivity index (χ0) is 22.9. The summed E-state index contributed by atoms with van der Waals surface area (Å²) in [7, 11) is 13.0. The van der Waals surface area contributed by atoms with E-state index in [1.165, 1.54) is 25.7 Å². The quantitative estimate of drug-likeness (QED) is 0.245. The number of nitrogens with one attached hydrogen (secondary N) is 2. The van der Waals surface area contributed by atoms with Gasteiger partial charge in [-0.25, -0.2) is 0 Å². The summed E-state index contributed by atoms with van der Waals surface area (Å²) in [6.07, 6.45) is 12.6. The summed E-state index contributed by atoms with van der Waals surface area (Å²) < 4.78 is 1.89. The van der Waals surface area contributed by atoms with Gasteiger partial charge in [-0.2, -0.15) is 0 Å². The molecule has 6 nitrogen and oxygen atoms in total. The van der Waals surface area contributed by atoms with Crippen molar-refractivity contribution in [2.24, 2.45) is 0 Å². The first-order valence-electron chi connectivity index (χ1n) is 12.1. The lowest BCUT2D eigenvalue weighted by Crippen LogP contribution is -2.37. The summed E-state index contributed by atoms with van der Waals surface area (Å²) in [4.78, 5) is 23.6. The molecule has 0 aliphatic heterocycles. The van der Waals surface area contributed by atoms with Crippen LogP contribution in [0.4, 0.5) is 0 Å². The van der Waals surface area contributed by atoms with Gasteiger partial charge in [0.25, 0.3) is 0 Å². The van der Waals surface area contributed by atoms with Crippen LogP contribution in [0.2, 0.25) is 0 Å². The zero-order valence-electron chi connectivity index (χ0n) is 21.0. The molecular formula is C24H52N4O2+2. The van der Waals surface area contributed by atoms with Crippen LogP contribution in [-0.4, -0.2) is 89.2 Å². The van der Waals surface area contributed by atoms with Crippen LogP contribution in [-0.2, 0) is 9.59 Å². The molecule has 6 heteroatoms. The number of quaternary nitrogens is 2. The van der Waals surface area contributed by atoms with E-state index in [9.17, 15) is 9.59 Å². The molecule has 0 saturated carbocycles. The molecule has 0 radical (unpaired) electrons. The fraction of sp³-hybridized carbons (Fsp3) is 0.917. The van der Waals surface area contributed by atoms with Gasteiger partial charge in [0.2, 0.25) is 11.8 Å². The van der Waals surface area contributed by atoms with Crippen molar-refractivity contribution in [1.82, 2.24) is 10.6 Å². The molecule has 0 fully saturated rings. The van der Waals surface area contributed by atoms with Gasteiger partial charge in [0.05, 0.1) is 55.4 Å². The van der Waals surface area contributed by atoms with Crippen molar-refractivity contribution in [3.8, 4) is 0 Å². The van der Waals surface area contributed by atoms with Crippen LogP contribution in [0.3, 0.4) is 0 Å². The third kappa shape index (κ3) is 23.1. The molecule has 0 bridgehead atoms. The van der Waals surface area contributed by atoms with Crippen molar-refractivity contribution < 1.29 is 18.6 Å². The molecule has 0 heterocycles. The van der Waals surface area contributed by atoms with Crippen LogP contribution in [0.5, 0.6) is 0 Å². The Morgan fingerprint density at radius 2 is 0.800 bits per heavy atom. The fourth-order valence-electron chi connectivity index (χ4n) is 3.37. The summed E-state index contributed by atoms with van der Waals surface area (Å²) in [5.74, 6) is 0.402. The lowest BCUT2D eigenvalue weighted by Gasteiger charge is -2.23. The minimum absolute atomic E-state index is 0.201. The van der Waals surface area contributed by atoms with Gasteiger partial charge in [-0.3, -0.25) is 9.59 Å². The van der Waals surface area contributed by atoms with Crippen molar-refractivity contribution in [1.29, 1.82) is 0 Å². The monoisotopic (exact) mass is 428 g/mol. The van der Waals surface area contributed by atoms with Crippen molar-refractivity contribution in [2.45, 2.75) is 77.0 Å². The second-order valence-electron chi connectivity index (χ2n) is 10.8. The van der Waals surface area contributed by atoms with Crippen molar-refractivity contribution in [3.63, 3.8) is 0 Å². The molecule has 0 atom stereocenters. The lowest BCUT2D eigenvalue weighted by molar-refractivity contribution is -0.870. The Morgan fingerprint density at radius 1 is 0.500 bits per heavy atom. The van der Waals surface area contributed by atoms with E-state index >= 15 is 0 Å². The number of carbonyl (C=O) groups excluding carboxylic acids is 2. The van der Waals surface area contributed by atoms with Crippen molar-refractivity contribution >= 4 is 11.8 Å². The number of unbranched alkanes of at least 4 members (excludes halogenated alkanes) is 7. The topological polar surface area (TPSA) is 58.2 Å². The second-order valence-corrected chi connectivity index (χ2v) is 10.8. The number of carbonyl (C=O) groups is 2. The molecule has 0 aromatic heterocycles. The number of hydrogen-bond donors (Lipinski definition) is 2. The first-order chi connectivity index (χ1) is 14.0. The van der Waals surface area contributed by atoms with E-state index in [2.05, 4.69) is 52.9 Å². The molecule has 0 unspecified atom stereocenters. The van der Waals surface area contributed by atoms with Gasteiger partial charge in [-0.05, 0) is 12.8 Å². The molecule has 0 rings (SSSR count). The summed E-state index contributed by atoms with van der Waals surface area (Å²) in [5.41, 5.74) is 0. The van der Waals surface area contributed by atoms with E-state index < -0.39 is 0 Å². The van der Waals surface area contributed by atoms with Gasteiger partial charge in [0.1, 0.15) is 0 Å². The zero-order valence-corrected chi connectivity index (χ0v) is 21.0. The maximum atomic E-state index is 11.8. The van der Waals surface area contributed by atoms with Crippen molar-refractivity contribution in [2.75, 3.05) is 68.5 Å². The first-order valence-corrected chi connectivity index (χ1v) is 12.1. The van der Waals surface area contributed by atoms with Gasteiger partial charge >= 0.3 is 0 Å². The highest BCUT2D eigenvalue weighted by Gasteiger charge is 2.08. The van der Waals surface area contributed by atoms with E-state index in [1.807, 2.05) is 0 Å². The fourth-order valence-corrected chi connectivity index (χ4v) is 3.37. The molecule has 0 saturated heterocycles. The summed E-state index contributed by atoms with van der Waals surface area (Å²) in [5, 5.41) is 6.06. The Balaban J connectivity index is 3.34. The largest absolute Gasteiger partial charge is 0.356 e. The highest BCUT2D eigenvalue weighted by molar-refractivity contribution is 5.76. The Bertz CT molecular complexity index is 411. The van der Waals surface area contributed by atoms with E-state index in [4.69, 9.17) is 0 Å². The SMILES string of the molecule is C[N+](C)(C)CCCNC(=O)CCCCCCCCCCC(=O)NCCC[N+](C)(C)C. The lowest BCUT2D eigenvalue weighted by atomic mass is 10.1. The molecule has 178 valence electrons. The molecule has 0 aromatic rings. The Labute approximate surface area is 186 Å². The Hall–Kier alpha value is -1.14. The molecule has 0 spiro atoms. The number of hydrogen-bond acceptors (Lipinski definition) is 2. The van der Waals surface area contributed by atoms with Crippen LogP contribution >= 0.6 is 0 Å². The predicted octanol–water partition coefficient (Wildman–Crippen LogP) is 3.31.